The molecule has 3 nitrogen and oxygen atoms in total. The Morgan fingerprint density at radius 1 is 0.840 bits per heavy atom. The van der Waals surface area contributed by atoms with Gasteiger partial charge in [-0.25, -0.2) is 0 Å². The first kappa shape index (κ1) is 16.9. The van der Waals surface area contributed by atoms with Crippen molar-refractivity contribution in [3.8, 4) is 11.5 Å². The Hall–Kier alpha value is -2.94. The van der Waals surface area contributed by atoms with Gasteiger partial charge in [-0.2, -0.15) is 0 Å². The predicted octanol–water partition coefficient (Wildman–Crippen LogP) is 5.20. The van der Waals surface area contributed by atoms with E-state index in [0.717, 1.165) is 33.7 Å². The van der Waals surface area contributed by atoms with Gasteiger partial charge in [-0.3, -0.25) is 0 Å². The van der Waals surface area contributed by atoms with Crippen LogP contribution >= 0.6 is 0 Å². The summed E-state index contributed by atoms with van der Waals surface area (Å²) in [6.07, 6.45) is 0. The summed E-state index contributed by atoms with van der Waals surface area (Å²) in [6, 6.07) is 22.1. The number of hydrogen-bond donors (Lipinski definition) is 2. The molecule has 0 aliphatic heterocycles. The van der Waals surface area contributed by atoms with E-state index in [0.29, 0.717) is 18.9 Å². The van der Waals surface area contributed by atoms with Crippen LogP contribution in [0.5, 0.6) is 11.5 Å². The molecule has 3 aromatic rings. The highest BCUT2D eigenvalue weighted by molar-refractivity contribution is 5.59. The van der Waals surface area contributed by atoms with E-state index in [1.807, 2.05) is 56.3 Å². The van der Waals surface area contributed by atoms with Crippen molar-refractivity contribution < 1.29 is 9.84 Å². The smallest absolute Gasteiger partial charge is 0.123 e. The second-order valence-corrected chi connectivity index (χ2v) is 6.18. The summed E-state index contributed by atoms with van der Waals surface area (Å²) in [5.41, 5.74) is 5.03. The fourth-order valence-corrected chi connectivity index (χ4v) is 2.67. The first-order chi connectivity index (χ1) is 12.1. The number of nitrogens with one attached hydrogen (secondary N) is 1. The van der Waals surface area contributed by atoms with E-state index < -0.39 is 0 Å². The van der Waals surface area contributed by atoms with Crippen molar-refractivity contribution in [1.82, 2.24) is 0 Å². The number of ether oxygens (including phenoxy) is 1. The molecule has 0 aliphatic carbocycles. The van der Waals surface area contributed by atoms with Gasteiger partial charge in [-0.15, -0.1) is 0 Å². The Morgan fingerprint density at radius 2 is 1.56 bits per heavy atom. The molecule has 3 aromatic carbocycles. The predicted molar refractivity (Wildman–Crippen MR) is 102 cm³/mol. The van der Waals surface area contributed by atoms with Crippen molar-refractivity contribution in [2.75, 3.05) is 5.32 Å². The van der Waals surface area contributed by atoms with Crippen LogP contribution in [0.15, 0.2) is 66.7 Å². The Bertz CT molecular complexity index is 827. The van der Waals surface area contributed by atoms with Crippen molar-refractivity contribution in [3.63, 3.8) is 0 Å². The number of hydrogen-bond acceptors (Lipinski definition) is 3. The van der Waals surface area contributed by atoms with Gasteiger partial charge in [0.05, 0.1) is 0 Å². The van der Waals surface area contributed by atoms with E-state index >= 15 is 0 Å². The van der Waals surface area contributed by atoms with Crippen LogP contribution in [0.25, 0.3) is 0 Å². The first-order valence-electron chi connectivity index (χ1n) is 8.42. The van der Waals surface area contributed by atoms with E-state index in [1.54, 1.807) is 0 Å². The van der Waals surface area contributed by atoms with Gasteiger partial charge in [0, 0.05) is 17.8 Å². The maximum atomic E-state index is 10.0. The van der Waals surface area contributed by atoms with Crippen molar-refractivity contribution >= 4 is 5.69 Å². The van der Waals surface area contributed by atoms with Crippen LogP contribution < -0.4 is 10.1 Å². The lowest BCUT2D eigenvalue weighted by molar-refractivity contribution is 0.306. The summed E-state index contributed by atoms with van der Waals surface area (Å²) >= 11 is 0. The van der Waals surface area contributed by atoms with Crippen LogP contribution in [-0.2, 0) is 13.2 Å². The van der Waals surface area contributed by atoms with Gasteiger partial charge >= 0.3 is 0 Å². The number of phenols is 1. The standard InChI is InChI=1S/C22H23NO2/c1-16-8-13-21(17(2)22(16)24)23-14-18-9-11-20(12-10-18)25-15-19-6-4-3-5-7-19/h3-13,23-24H,14-15H2,1-2H3. The van der Waals surface area contributed by atoms with Crippen molar-refractivity contribution in [2.24, 2.45) is 0 Å². The highest BCUT2D eigenvalue weighted by Crippen LogP contribution is 2.28. The van der Waals surface area contributed by atoms with Crippen LogP contribution in [0.3, 0.4) is 0 Å². The van der Waals surface area contributed by atoms with Gasteiger partial charge in [0.2, 0.25) is 0 Å². The second kappa shape index (κ2) is 7.75. The van der Waals surface area contributed by atoms with Crippen LogP contribution in [-0.4, -0.2) is 5.11 Å². The maximum Gasteiger partial charge on any atom is 0.123 e. The molecule has 3 heteroatoms. The van der Waals surface area contributed by atoms with E-state index in [1.165, 1.54) is 0 Å². The van der Waals surface area contributed by atoms with Gasteiger partial charge in [0.15, 0.2) is 0 Å². The van der Waals surface area contributed by atoms with Gasteiger partial charge in [0.1, 0.15) is 18.1 Å². The van der Waals surface area contributed by atoms with E-state index in [2.05, 4.69) is 29.6 Å². The van der Waals surface area contributed by atoms with Gasteiger partial charge in [0.25, 0.3) is 0 Å². The van der Waals surface area contributed by atoms with Gasteiger partial charge < -0.3 is 15.2 Å². The highest BCUT2D eigenvalue weighted by atomic mass is 16.5. The highest BCUT2D eigenvalue weighted by Gasteiger charge is 2.06. The molecule has 0 bridgehead atoms. The molecule has 3 rings (SSSR count). The Morgan fingerprint density at radius 3 is 2.28 bits per heavy atom. The monoisotopic (exact) mass is 333 g/mol. The maximum absolute atomic E-state index is 10.0. The van der Waals surface area contributed by atoms with Crippen LogP contribution in [0, 0.1) is 13.8 Å². The Labute approximate surface area is 148 Å². The summed E-state index contributed by atoms with van der Waals surface area (Å²) < 4.78 is 5.80. The Kier molecular flexibility index (Phi) is 5.24. The normalized spacial score (nSPS) is 10.5. The van der Waals surface area contributed by atoms with Gasteiger partial charge in [-0.05, 0) is 48.7 Å². The molecule has 0 fully saturated rings. The van der Waals surface area contributed by atoms with Gasteiger partial charge in [-0.1, -0.05) is 48.5 Å². The van der Waals surface area contributed by atoms with E-state index in [4.69, 9.17) is 4.74 Å². The molecule has 25 heavy (non-hydrogen) atoms. The molecule has 0 radical (unpaired) electrons. The minimum atomic E-state index is 0.356. The zero-order valence-corrected chi connectivity index (χ0v) is 14.6. The lowest BCUT2D eigenvalue weighted by Crippen LogP contribution is -2.02. The summed E-state index contributed by atoms with van der Waals surface area (Å²) in [5.74, 6) is 1.21. The molecule has 0 heterocycles. The molecule has 0 unspecified atom stereocenters. The van der Waals surface area contributed by atoms with Crippen LogP contribution in [0.4, 0.5) is 5.69 Å². The Balaban J connectivity index is 1.57. The number of anilines is 1. The van der Waals surface area contributed by atoms with Crippen LogP contribution in [0.1, 0.15) is 22.3 Å². The summed E-state index contributed by atoms with van der Waals surface area (Å²) in [7, 11) is 0. The molecule has 0 saturated carbocycles. The SMILES string of the molecule is Cc1ccc(NCc2ccc(OCc3ccccc3)cc2)c(C)c1O. The molecule has 0 atom stereocenters. The molecular weight excluding hydrogens is 310 g/mol. The lowest BCUT2D eigenvalue weighted by atomic mass is 10.1. The van der Waals surface area contributed by atoms with Crippen molar-refractivity contribution in [3.05, 3.63) is 89.0 Å². The fourth-order valence-electron chi connectivity index (χ4n) is 2.67. The molecular formula is C22H23NO2. The fraction of sp³-hybridized carbons (Fsp3) is 0.182. The third kappa shape index (κ3) is 4.32. The minimum absolute atomic E-state index is 0.356. The lowest BCUT2D eigenvalue weighted by Gasteiger charge is -2.13. The summed E-state index contributed by atoms with van der Waals surface area (Å²) in [6.45, 7) is 5.09. The largest absolute Gasteiger partial charge is 0.507 e. The second-order valence-electron chi connectivity index (χ2n) is 6.18. The van der Waals surface area contributed by atoms with Crippen molar-refractivity contribution in [2.45, 2.75) is 27.0 Å². The zero-order valence-electron chi connectivity index (χ0n) is 14.6. The third-order valence-electron chi connectivity index (χ3n) is 4.29. The quantitative estimate of drug-likeness (QED) is 0.651. The molecule has 0 spiro atoms. The number of benzene rings is 3. The first-order valence-corrected chi connectivity index (χ1v) is 8.42. The molecule has 0 aromatic heterocycles. The summed E-state index contributed by atoms with van der Waals surface area (Å²) in [5, 5.41) is 13.4. The average Bonchev–Trinajstić information content (AvgIpc) is 2.66. The van der Waals surface area contributed by atoms with E-state index in [9.17, 15) is 5.11 Å². The molecule has 0 aliphatic rings. The molecule has 2 N–H and O–H groups in total. The average molecular weight is 333 g/mol. The third-order valence-corrected chi connectivity index (χ3v) is 4.29. The number of aromatic hydroxyl groups is 1. The molecule has 0 saturated heterocycles. The summed E-state index contributed by atoms with van der Waals surface area (Å²) in [4.78, 5) is 0. The van der Waals surface area contributed by atoms with Crippen LogP contribution in [0.2, 0.25) is 0 Å². The number of aryl methyl sites for hydroxylation is 1. The molecule has 128 valence electrons. The van der Waals surface area contributed by atoms with E-state index in [-0.39, 0.29) is 0 Å². The zero-order chi connectivity index (χ0) is 17.6. The minimum Gasteiger partial charge on any atom is -0.507 e. The molecule has 0 amide bonds. The number of rotatable bonds is 6. The number of phenolic OH excluding ortho intramolecular Hbond substituents is 1. The topological polar surface area (TPSA) is 41.5 Å². The van der Waals surface area contributed by atoms with Crippen molar-refractivity contribution in [1.29, 1.82) is 0 Å².